The van der Waals surface area contributed by atoms with Gasteiger partial charge in [-0.05, 0) is 48.9 Å². The predicted octanol–water partition coefficient (Wildman–Crippen LogP) is 2.99. The van der Waals surface area contributed by atoms with E-state index in [-0.39, 0.29) is 18.5 Å². The van der Waals surface area contributed by atoms with Gasteiger partial charge < -0.3 is 24.9 Å². The van der Waals surface area contributed by atoms with Crippen LogP contribution in [-0.4, -0.2) is 36.5 Å². The maximum absolute atomic E-state index is 12.7. The third-order valence-electron chi connectivity index (χ3n) is 4.80. The van der Waals surface area contributed by atoms with Crippen LogP contribution in [0.5, 0.6) is 5.75 Å². The third-order valence-corrected chi connectivity index (χ3v) is 4.80. The van der Waals surface area contributed by atoms with Crippen LogP contribution in [0.4, 0.5) is 5.69 Å². The second-order valence-electron chi connectivity index (χ2n) is 7.04. The molecule has 3 rings (SSSR count). The molecule has 2 amide bonds. The molecule has 0 aliphatic heterocycles. The number of anilines is 1. The van der Waals surface area contributed by atoms with E-state index in [0.717, 1.165) is 0 Å². The van der Waals surface area contributed by atoms with Crippen LogP contribution >= 0.6 is 0 Å². The summed E-state index contributed by atoms with van der Waals surface area (Å²) < 4.78 is 10.8. The van der Waals surface area contributed by atoms with E-state index in [2.05, 4.69) is 17.2 Å². The number of ether oxygens (including phenoxy) is 1. The van der Waals surface area contributed by atoms with Crippen LogP contribution in [0.1, 0.15) is 32.7 Å². The average Bonchev–Trinajstić information content (AvgIpc) is 2.79. The predicted molar refractivity (Wildman–Crippen MR) is 122 cm³/mol. The van der Waals surface area contributed by atoms with E-state index >= 15 is 0 Å². The lowest BCUT2D eigenvalue weighted by Crippen LogP contribution is -2.26. The minimum Gasteiger partial charge on any atom is -0.496 e. The van der Waals surface area contributed by atoms with Gasteiger partial charge in [0.05, 0.1) is 13.5 Å². The lowest BCUT2D eigenvalue weighted by atomic mass is 10.1. The Morgan fingerprint density at radius 1 is 1.12 bits per heavy atom. The van der Waals surface area contributed by atoms with E-state index in [0.29, 0.717) is 40.0 Å². The average molecular weight is 450 g/mol. The first-order valence-corrected chi connectivity index (χ1v) is 10.00. The molecule has 0 fully saturated rings. The Hall–Kier alpha value is -4.40. The smallest absolute Gasteiger partial charge is 0.349 e. The van der Waals surface area contributed by atoms with Crippen molar-refractivity contribution in [3.63, 3.8) is 0 Å². The normalized spacial score (nSPS) is 10.5. The number of hydrogen-bond acceptors (Lipinski definition) is 6. The number of carbonyl (C=O) groups is 3. The Balaban J connectivity index is 1.78. The fourth-order valence-corrected chi connectivity index (χ4v) is 3.20. The van der Waals surface area contributed by atoms with Crippen molar-refractivity contribution in [1.82, 2.24) is 5.32 Å². The number of nitrogens with one attached hydrogen (secondary N) is 2. The molecular formula is C24H22N2O7. The number of benzene rings is 2. The molecule has 0 aliphatic rings. The summed E-state index contributed by atoms with van der Waals surface area (Å²) in [7, 11) is 1.51. The molecule has 1 aromatic heterocycles. The number of allylic oxidation sites excluding steroid dienone is 1. The van der Waals surface area contributed by atoms with Gasteiger partial charge in [-0.25, -0.2) is 4.79 Å². The summed E-state index contributed by atoms with van der Waals surface area (Å²) in [5.74, 6) is -1.56. The van der Waals surface area contributed by atoms with E-state index in [4.69, 9.17) is 14.3 Å². The number of fused-ring (bicyclic) bond motifs is 1. The van der Waals surface area contributed by atoms with Gasteiger partial charge in [0, 0.05) is 28.7 Å². The van der Waals surface area contributed by atoms with Gasteiger partial charge >= 0.3 is 11.6 Å². The minimum atomic E-state index is -1.01. The van der Waals surface area contributed by atoms with Gasteiger partial charge in [0.1, 0.15) is 16.9 Å². The number of rotatable bonds is 9. The van der Waals surface area contributed by atoms with Crippen LogP contribution in [0.2, 0.25) is 0 Å². The third kappa shape index (κ3) is 5.45. The molecule has 0 saturated carbocycles. The highest BCUT2D eigenvalue weighted by Gasteiger charge is 2.17. The van der Waals surface area contributed by atoms with Crippen molar-refractivity contribution in [3.8, 4) is 5.75 Å². The van der Waals surface area contributed by atoms with E-state index in [1.54, 1.807) is 18.2 Å². The minimum absolute atomic E-state index is 0.00474. The molecule has 2 aromatic carbocycles. The van der Waals surface area contributed by atoms with Crippen molar-refractivity contribution in [1.29, 1.82) is 0 Å². The fraction of sp³-hybridized carbons (Fsp3) is 0.167. The Morgan fingerprint density at radius 2 is 1.85 bits per heavy atom. The summed E-state index contributed by atoms with van der Waals surface area (Å²) in [5, 5.41) is 14.3. The number of hydrogen-bond donors (Lipinski definition) is 3. The molecule has 3 N–H and O–H groups in total. The van der Waals surface area contributed by atoms with Crippen molar-refractivity contribution < 1.29 is 28.6 Å². The standard InChI is InChI=1S/C24H22N2O7/c1-3-4-17-19(32-2)10-7-15-13-18(24(31)33-21(15)17)23(30)26-16-8-5-14(6-9-16)22(29)25-12-11-20(27)28/h3,5-10,13H,1,4,11-12H2,2H3,(H,25,29)(H,26,30)(H,27,28). The highest BCUT2D eigenvalue weighted by molar-refractivity contribution is 6.06. The Kier molecular flexibility index (Phi) is 7.24. The summed E-state index contributed by atoms with van der Waals surface area (Å²) in [6, 6.07) is 10.8. The number of amides is 2. The van der Waals surface area contributed by atoms with Gasteiger partial charge in [0.2, 0.25) is 0 Å². The summed E-state index contributed by atoms with van der Waals surface area (Å²) in [6.07, 6.45) is 1.90. The highest BCUT2D eigenvalue weighted by atomic mass is 16.5. The Labute approximate surface area is 188 Å². The molecule has 0 radical (unpaired) electrons. The lowest BCUT2D eigenvalue weighted by Gasteiger charge is -2.10. The molecular weight excluding hydrogens is 428 g/mol. The Morgan fingerprint density at radius 3 is 2.48 bits per heavy atom. The first-order chi connectivity index (χ1) is 15.8. The van der Waals surface area contributed by atoms with Crippen LogP contribution in [0, 0.1) is 0 Å². The molecule has 3 aromatic rings. The fourth-order valence-electron chi connectivity index (χ4n) is 3.20. The van der Waals surface area contributed by atoms with Crippen LogP contribution < -0.4 is 21.0 Å². The Bertz CT molecular complexity index is 1280. The van der Waals surface area contributed by atoms with Crippen molar-refractivity contribution in [2.75, 3.05) is 19.0 Å². The maximum atomic E-state index is 12.7. The van der Waals surface area contributed by atoms with Crippen molar-refractivity contribution in [3.05, 3.63) is 82.2 Å². The van der Waals surface area contributed by atoms with Crippen LogP contribution in [-0.2, 0) is 11.2 Å². The van der Waals surface area contributed by atoms with Gasteiger partial charge in [-0.3, -0.25) is 14.4 Å². The molecule has 0 atom stereocenters. The van der Waals surface area contributed by atoms with Crippen molar-refractivity contribution in [2.45, 2.75) is 12.8 Å². The molecule has 0 bridgehead atoms. The monoisotopic (exact) mass is 450 g/mol. The van der Waals surface area contributed by atoms with Gasteiger partial charge in [-0.1, -0.05) is 6.08 Å². The first kappa shape index (κ1) is 23.3. The van der Waals surface area contributed by atoms with Crippen LogP contribution in [0.3, 0.4) is 0 Å². The molecule has 9 nitrogen and oxygen atoms in total. The highest BCUT2D eigenvalue weighted by Crippen LogP contribution is 2.28. The summed E-state index contributed by atoms with van der Waals surface area (Å²) in [5.41, 5.74) is 0.678. The number of carboxylic acid groups (broad SMARTS) is 1. The van der Waals surface area contributed by atoms with E-state index < -0.39 is 23.4 Å². The summed E-state index contributed by atoms with van der Waals surface area (Å²) >= 11 is 0. The zero-order valence-corrected chi connectivity index (χ0v) is 17.8. The number of carboxylic acids is 1. The molecule has 0 spiro atoms. The molecule has 170 valence electrons. The van der Waals surface area contributed by atoms with Gasteiger partial charge in [0.15, 0.2) is 0 Å². The van der Waals surface area contributed by atoms with E-state index in [1.165, 1.54) is 37.4 Å². The zero-order valence-electron chi connectivity index (χ0n) is 17.8. The summed E-state index contributed by atoms with van der Waals surface area (Å²) in [6.45, 7) is 3.71. The number of carbonyl (C=O) groups excluding carboxylic acids is 2. The van der Waals surface area contributed by atoms with Crippen LogP contribution in [0.25, 0.3) is 11.0 Å². The van der Waals surface area contributed by atoms with Gasteiger partial charge in [0.25, 0.3) is 11.8 Å². The number of methoxy groups -OCH3 is 1. The summed E-state index contributed by atoms with van der Waals surface area (Å²) in [4.78, 5) is 47.7. The lowest BCUT2D eigenvalue weighted by molar-refractivity contribution is -0.136. The second-order valence-corrected chi connectivity index (χ2v) is 7.04. The van der Waals surface area contributed by atoms with Crippen molar-refractivity contribution >= 4 is 34.4 Å². The van der Waals surface area contributed by atoms with Gasteiger partial charge in [-0.15, -0.1) is 6.58 Å². The van der Waals surface area contributed by atoms with Crippen LogP contribution in [0.15, 0.2) is 64.3 Å². The molecule has 9 heteroatoms. The van der Waals surface area contributed by atoms with E-state index in [1.807, 2.05) is 0 Å². The second kappa shape index (κ2) is 10.3. The molecule has 1 heterocycles. The molecule has 0 unspecified atom stereocenters. The quantitative estimate of drug-likeness (QED) is 0.337. The topological polar surface area (TPSA) is 135 Å². The zero-order chi connectivity index (χ0) is 24.0. The molecule has 33 heavy (non-hydrogen) atoms. The van der Waals surface area contributed by atoms with Crippen molar-refractivity contribution in [2.24, 2.45) is 0 Å². The number of aliphatic carboxylic acids is 1. The van der Waals surface area contributed by atoms with Gasteiger partial charge in [-0.2, -0.15) is 0 Å². The SMILES string of the molecule is C=CCc1c(OC)ccc2cc(C(=O)Nc3ccc(C(=O)NCCC(=O)O)cc3)c(=O)oc12. The first-order valence-electron chi connectivity index (χ1n) is 10.00. The van der Waals surface area contributed by atoms with E-state index in [9.17, 15) is 19.2 Å². The molecule has 0 saturated heterocycles. The molecule has 0 aliphatic carbocycles. The largest absolute Gasteiger partial charge is 0.496 e. The maximum Gasteiger partial charge on any atom is 0.349 e.